The molecule has 0 saturated heterocycles. The molecule has 2 aromatic heterocycles. The molecule has 0 fully saturated rings. The number of rotatable bonds is 6. The number of fused-ring (bicyclic) bond motifs is 1. The van der Waals surface area contributed by atoms with Gasteiger partial charge in [0.2, 0.25) is 5.91 Å². The van der Waals surface area contributed by atoms with Gasteiger partial charge in [-0.2, -0.15) is 0 Å². The second kappa shape index (κ2) is 6.82. The Kier molecular flexibility index (Phi) is 5.08. The molecule has 0 saturated carbocycles. The van der Waals surface area contributed by atoms with Gasteiger partial charge in [-0.25, -0.2) is 4.98 Å². The lowest BCUT2D eigenvalue weighted by Gasteiger charge is -2.22. The van der Waals surface area contributed by atoms with Crippen molar-refractivity contribution in [3.63, 3.8) is 0 Å². The van der Waals surface area contributed by atoms with E-state index < -0.39 is 0 Å². The highest BCUT2D eigenvalue weighted by molar-refractivity contribution is 7.17. The van der Waals surface area contributed by atoms with Crippen molar-refractivity contribution in [2.24, 2.45) is 5.92 Å². The number of carbonyl (C=O) groups excluding carboxylic acids is 1. The van der Waals surface area contributed by atoms with E-state index in [0.717, 1.165) is 6.42 Å². The first-order valence-corrected chi connectivity index (χ1v) is 7.77. The van der Waals surface area contributed by atoms with Crippen LogP contribution in [-0.2, 0) is 11.3 Å². The predicted molar refractivity (Wildman–Crippen MR) is 82.4 cm³/mol. The molecule has 114 valence electrons. The molecule has 2 aromatic rings. The molecule has 0 bridgehead atoms. The molecule has 7 heteroatoms. The summed E-state index contributed by atoms with van der Waals surface area (Å²) in [6, 6.07) is 1.48. The first-order valence-electron chi connectivity index (χ1n) is 6.89. The highest BCUT2D eigenvalue weighted by Gasteiger charge is 2.18. The van der Waals surface area contributed by atoms with Crippen molar-refractivity contribution in [1.29, 1.82) is 0 Å². The number of hydrogen-bond donors (Lipinski definition) is 2. The number of amides is 1. The van der Waals surface area contributed by atoms with E-state index in [-0.39, 0.29) is 36.6 Å². The van der Waals surface area contributed by atoms with Crippen molar-refractivity contribution in [3.8, 4) is 0 Å². The zero-order valence-electron chi connectivity index (χ0n) is 12.1. The van der Waals surface area contributed by atoms with Crippen LogP contribution in [0, 0.1) is 5.92 Å². The number of aromatic nitrogens is 2. The van der Waals surface area contributed by atoms with E-state index >= 15 is 0 Å². The Morgan fingerprint density at radius 1 is 1.57 bits per heavy atom. The zero-order chi connectivity index (χ0) is 15.4. The molecule has 0 aliphatic carbocycles. The van der Waals surface area contributed by atoms with Gasteiger partial charge in [0.1, 0.15) is 11.2 Å². The van der Waals surface area contributed by atoms with Crippen molar-refractivity contribution in [1.82, 2.24) is 14.9 Å². The third-order valence-corrected chi connectivity index (χ3v) is 4.52. The summed E-state index contributed by atoms with van der Waals surface area (Å²) in [5.74, 6) is -0.122. The first kappa shape index (κ1) is 15.7. The van der Waals surface area contributed by atoms with Crippen LogP contribution in [0.3, 0.4) is 0 Å². The summed E-state index contributed by atoms with van der Waals surface area (Å²) >= 11 is 1.31. The number of hydrogen-bond acceptors (Lipinski definition) is 5. The van der Waals surface area contributed by atoms with E-state index in [2.05, 4.69) is 10.3 Å². The van der Waals surface area contributed by atoms with E-state index in [4.69, 9.17) is 0 Å². The number of aliphatic hydroxyl groups is 1. The quantitative estimate of drug-likeness (QED) is 0.833. The molecule has 0 spiro atoms. The van der Waals surface area contributed by atoms with Crippen molar-refractivity contribution in [2.75, 3.05) is 6.61 Å². The fourth-order valence-corrected chi connectivity index (χ4v) is 2.84. The summed E-state index contributed by atoms with van der Waals surface area (Å²) in [4.78, 5) is 28.3. The molecule has 0 aliphatic rings. The topological polar surface area (TPSA) is 84.2 Å². The average Bonchev–Trinajstić information content (AvgIpc) is 2.96. The van der Waals surface area contributed by atoms with Crippen LogP contribution >= 0.6 is 11.3 Å². The first-order chi connectivity index (χ1) is 10.1. The Labute approximate surface area is 126 Å². The largest absolute Gasteiger partial charge is 0.394 e. The van der Waals surface area contributed by atoms with Crippen LogP contribution in [0.25, 0.3) is 10.2 Å². The molecule has 2 heterocycles. The van der Waals surface area contributed by atoms with E-state index in [0.29, 0.717) is 10.2 Å². The summed E-state index contributed by atoms with van der Waals surface area (Å²) in [5.41, 5.74) is 0.434. The SMILES string of the molecule is CC[C@@H](C)[C@H](CO)NC(=O)Cn1cnc2ccsc2c1=O. The number of carbonyl (C=O) groups is 1. The van der Waals surface area contributed by atoms with Gasteiger partial charge in [0.05, 0.1) is 24.5 Å². The number of aliphatic hydroxyl groups excluding tert-OH is 1. The lowest BCUT2D eigenvalue weighted by Crippen LogP contribution is -2.44. The third-order valence-electron chi connectivity index (χ3n) is 3.62. The van der Waals surface area contributed by atoms with Crippen LogP contribution in [0.5, 0.6) is 0 Å². The van der Waals surface area contributed by atoms with Gasteiger partial charge in [0, 0.05) is 0 Å². The minimum atomic E-state index is -0.297. The van der Waals surface area contributed by atoms with Gasteiger partial charge >= 0.3 is 0 Å². The lowest BCUT2D eigenvalue weighted by molar-refractivity contribution is -0.123. The molecule has 0 unspecified atom stereocenters. The number of thiophene rings is 1. The van der Waals surface area contributed by atoms with Crippen LogP contribution in [0.4, 0.5) is 0 Å². The van der Waals surface area contributed by atoms with Crippen LogP contribution in [0.1, 0.15) is 20.3 Å². The molecule has 2 atom stereocenters. The molecule has 6 nitrogen and oxygen atoms in total. The Bertz CT molecular complexity index is 679. The monoisotopic (exact) mass is 309 g/mol. The second-order valence-corrected chi connectivity index (χ2v) is 5.97. The van der Waals surface area contributed by atoms with Gasteiger partial charge in [-0.05, 0) is 17.4 Å². The van der Waals surface area contributed by atoms with Gasteiger partial charge in [-0.3, -0.25) is 14.2 Å². The Hall–Kier alpha value is -1.73. The van der Waals surface area contributed by atoms with Crippen molar-refractivity contribution in [2.45, 2.75) is 32.9 Å². The fraction of sp³-hybridized carbons (Fsp3) is 0.500. The molecule has 0 radical (unpaired) electrons. The number of nitrogens with zero attached hydrogens (tertiary/aromatic N) is 2. The van der Waals surface area contributed by atoms with E-state index in [1.165, 1.54) is 22.2 Å². The summed E-state index contributed by atoms with van der Waals surface area (Å²) in [5, 5.41) is 13.9. The maximum Gasteiger partial charge on any atom is 0.271 e. The van der Waals surface area contributed by atoms with E-state index in [1.54, 1.807) is 11.4 Å². The molecule has 0 aromatic carbocycles. The molecular formula is C14H19N3O3S. The second-order valence-electron chi connectivity index (χ2n) is 5.05. The highest BCUT2D eigenvalue weighted by Crippen LogP contribution is 2.13. The highest BCUT2D eigenvalue weighted by atomic mass is 32.1. The number of nitrogens with one attached hydrogen (secondary N) is 1. The van der Waals surface area contributed by atoms with Crippen molar-refractivity contribution < 1.29 is 9.90 Å². The van der Waals surface area contributed by atoms with Gasteiger partial charge in [-0.15, -0.1) is 11.3 Å². The maximum absolute atomic E-state index is 12.2. The normalized spacial score (nSPS) is 14.0. The van der Waals surface area contributed by atoms with Gasteiger partial charge in [0.15, 0.2) is 0 Å². The Morgan fingerprint density at radius 2 is 2.33 bits per heavy atom. The Balaban J connectivity index is 2.11. The Morgan fingerprint density at radius 3 is 3.00 bits per heavy atom. The van der Waals surface area contributed by atoms with Crippen LogP contribution in [0.2, 0.25) is 0 Å². The predicted octanol–water partition coefficient (Wildman–Crippen LogP) is 0.981. The fourth-order valence-electron chi connectivity index (χ4n) is 2.05. The summed E-state index contributed by atoms with van der Waals surface area (Å²) < 4.78 is 1.84. The minimum Gasteiger partial charge on any atom is -0.394 e. The van der Waals surface area contributed by atoms with Crippen LogP contribution in [-0.4, -0.2) is 33.2 Å². The van der Waals surface area contributed by atoms with E-state index in [9.17, 15) is 14.7 Å². The van der Waals surface area contributed by atoms with Gasteiger partial charge < -0.3 is 10.4 Å². The third kappa shape index (κ3) is 3.48. The van der Waals surface area contributed by atoms with Crippen LogP contribution in [0.15, 0.2) is 22.6 Å². The summed E-state index contributed by atoms with van der Waals surface area (Å²) in [6.45, 7) is 3.76. The molecule has 21 heavy (non-hydrogen) atoms. The smallest absolute Gasteiger partial charge is 0.271 e. The zero-order valence-corrected chi connectivity index (χ0v) is 12.9. The van der Waals surface area contributed by atoms with Gasteiger partial charge in [-0.1, -0.05) is 20.3 Å². The average molecular weight is 309 g/mol. The van der Waals surface area contributed by atoms with E-state index in [1.807, 2.05) is 13.8 Å². The van der Waals surface area contributed by atoms with Crippen LogP contribution < -0.4 is 10.9 Å². The summed E-state index contributed by atoms with van der Waals surface area (Å²) in [7, 11) is 0. The molecule has 2 rings (SSSR count). The van der Waals surface area contributed by atoms with Crippen molar-refractivity contribution >= 4 is 27.5 Å². The summed E-state index contributed by atoms with van der Waals surface area (Å²) in [6.07, 6.45) is 2.24. The van der Waals surface area contributed by atoms with Crippen molar-refractivity contribution in [3.05, 3.63) is 28.1 Å². The lowest BCUT2D eigenvalue weighted by atomic mass is 10.00. The standard InChI is InChI=1S/C14H19N3O3S/c1-3-9(2)11(7-18)16-12(19)6-17-8-15-10-4-5-21-13(10)14(17)20/h4-5,8-9,11,18H,3,6-7H2,1-2H3,(H,16,19)/t9-,11+/m1/s1. The molecule has 0 aliphatic heterocycles. The maximum atomic E-state index is 12.2. The molecule has 1 amide bonds. The van der Waals surface area contributed by atoms with Gasteiger partial charge in [0.25, 0.3) is 5.56 Å². The molecular weight excluding hydrogens is 290 g/mol. The molecule has 2 N–H and O–H groups in total. The minimum absolute atomic E-state index is 0.0907.